The van der Waals surface area contributed by atoms with Gasteiger partial charge in [0.15, 0.2) is 0 Å². The molecule has 0 aliphatic carbocycles. The molecule has 0 aliphatic heterocycles. The van der Waals surface area contributed by atoms with E-state index < -0.39 is 0 Å². The Labute approximate surface area is 93.7 Å². The molecule has 15 heavy (non-hydrogen) atoms. The molecule has 0 aliphatic rings. The highest BCUT2D eigenvalue weighted by atomic mass is 16.5. The molecular weight excluding hydrogens is 192 g/mol. The van der Waals surface area contributed by atoms with Crippen molar-refractivity contribution in [3.63, 3.8) is 0 Å². The molecule has 0 saturated heterocycles. The Bertz CT molecular complexity index is 134. The molecule has 0 rings (SSSR count). The molecule has 4 nitrogen and oxygen atoms in total. The van der Waals surface area contributed by atoms with Crippen molar-refractivity contribution in [3.05, 3.63) is 0 Å². The number of hydrogen-bond acceptors (Lipinski definition) is 4. The summed E-state index contributed by atoms with van der Waals surface area (Å²) in [5.41, 5.74) is 5.60. The summed E-state index contributed by atoms with van der Waals surface area (Å²) < 4.78 is 10.5. The zero-order valence-electron chi connectivity index (χ0n) is 10.4. The molecule has 0 aromatic heterocycles. The molecule has 0 spiro atoms. The molecule has 0 fully saturated rings. The van der Waals surface area contributed by atoms with Crippen LogP contribution in [0.1, 0.15) is 19.8 Å². The maximum Gasteiger partial charge on any atom is 0.0709 e. The normalized spacial score (nSPS) is 13.4. The molecule has 0 saturated carbocycles. The minimum absolute atomic E-state index is 0.208. The average molecular weight is 218 g/mol. The molecule has 0 radical (unpaired) electrons. The highest BCUT2D eigenvalue weighted by Crippen LogP contribution is 1.99. The minimum Gasteiger partial charge on any atom is -0.385 e. The minimum atomic E-state index is 0.208. The van der Waals surface area contributed by atoms with Crippen LogP contribution >= 0.6 is 0 Å². The van der Waals surface area contributed by atoms with E-state index in [4.69, 9.17) is 15.2 Å². The number of methoxy groups -OCH3 is 1. The van der Waals surface area contributed by atoms with Gasteiger partial charge in [0.25, 0.3) is 0 Å². The summed E-state index contributed by atoms with van der Waals surface area (Å²) in [7, 11) is 3.86. The van der Waals surface area contributed by atoms with Gasteiger partial charge in [0.1, 0.15) is 0 Å². The van der Waals surface area contributed by atoms with E-state index in [2.05, 4.69) is 11.9 Å². The highest BCUT2D eigenvalue weighted by Gasteiger charge is 2.07. The smallest absolute Gasteiger partial charge is 0.0709 e. The molecule has 0 heterocycles. The first-order valence-electron chi connectivity index (χ1n) is 5.73. The summed E-state index contributed by atoms with van der Waals surface area (Å²) in [6.45, 7) is 6.29. The molecule has 0 amide bonds. The van der Waals surface area contributed by atoms with Crippen LogP contribution < -0.4 is 5.73 Å². The predicted octanol–water partition coefficient (Wildman–Crippen LogP) is 0.709. The third kappa shape index (κ3) is 8.81. The van der Waals surface area contributed by atoms with Gasteiger partial charge in [-0.3, -0.25) is 0 Å². The number of rotatable bonds is 10. The molecule has 92 valence electrons. The van der Waals surface area contributed by atoms with Crippen LogP contribution in [0.5, 0.6) is 0 Å². The van der Waals surface area contributed by atoms with Crippen molar-refractivity contribution in [1.82, 2.24) is 4.90 Å². The first-order chi connectivity index (χ1) is 7.24. The molecule has 0 aromatic carbocycles. The summed E-state index contributed by atoms with van der Waals surface area (Å²) in [5.74, 6) is 0. The SMILES string of the molecule is CCOC(CN)CCN(C)CCCOC. The number of nitrogens with zero attached hydrogens (tertiary/aromatic N) is 1. The van der Waals surface area contributed by atoms with Crippen LogP contribution in [0.3, 0.4) is 0 Å². The Morgan fingerprint density at radius 1 is 1.33 bits per heavy atom. The first-order valence-corrected chi connectivity index (χ1v) is 5.73. The Hall–Kier alpha value is -0.160. The predicted molar refractivity (Wildman–Crippen MR) is 63.1 cm³/mol. The molecule has 1 atom stereocenters. The van der Waals surface area contributed by atoms with Crippen molar-refractivity contribution < 1.29 is 9.47 Å². The quantitative estimate of drug-likeness (QED) is 0.549. The third-order valence-electron chi connectivity index (χ3n) is 2.39. The molecule has 2 N–H and O–H groups in total. The largest absolute Gasteiger partial charge is 0.385 e. The molecule has 1 unspecified atom stereocenters. The van der Waals surface area contributed by atoms with Gasteiger partial charge >= 0.3 is 0 Å². The Kier molecular flexibility index (Phi) is 10.3. The van der Waals surface area contributed by atoms with Crippen LogP contribution in [0.4, 0.5) is 0 Å². The van der Waals surface area contributed by atoms with Crippen molar-refractivity contribution in [2.24, 2.45) is 5.73 Å². The summed E-state index contributed by atoms with van der Waals surface area (Å²) in [6, 6.07) is 0. The van der Waals surface area contributed by atoms with E-state index in [0.717, 1.165) is 39.1 Å². The van der Waals surface area contributed by atoms with Crippen molar-refractivity contribution in [1.29, 1.82) is 0 Å². The topological polar surface area (TPSA) is 47.7 Å². The lowest BCUT2D eigenvalue weighted by Gasteiger charge is -2.20. The summed E-state index contributed by atoms with van der Waals surface area (Å²) in [5, 5.41) is 0. The van der Waals surface area contributed by atoms with Gasteiger partial charge in [-0.15, -0.1) is 0 Å². The van der Waals surface area contributed by atoms with E-state index in [1.54, 1.807) is 7.11 Å². The van der Waals surface area contributed by atoms with E-state index >= 15 is 0 Å². The summed E-state index contributed by atoms with van der Waals surface area (Å²) in [6.07, 6.45) is 2.29. The lowest BCUT2D eigenvalue weighted by Crippen LogP contribution is -2.30. The maximum absolute atomic E-state index is 5.60. The second kappa shape index (κ2) is 10.4. The van der Waals surface area contributed by atoms with Gasteiger partial charge in [-0.1, -0.05) is 0 Å². The second-order valence-corrected chi connectivity index (χ2v) is 3.75. The molecular formula is C11H26N2O2. The van der Waals surface area contributed by atoms with Crippen molar-refractivity contribution in [3.8, 4) is 0 Å². The number of nitrogens with two attached hydrogens (primary N) is 1. The van der Waals surface area contributed by atoms with E-state index in [1.165, 1.54) is 0 Å². The van der Waals surface area contributed by atoms with Crippen molar-refractivity contribution in [2.45, 2.75) is 25.9 Å². The van der Waals surface area contributed by atoms with Gasteiger partial charge in [0.05, 0.1) is 6.10 Å². The fourth-order valence-electron chi connectivity index (χ4n) is 1.46. The first kappa shape index (κ1) is 14.8. The van der Waals surface area contributed by atoms with Gasteiger partial charge in [-0.25, -0.2) is 0 Å². The zero-order chi connectivity index (χ0) is 11.5. The van der Waals surface area contributed by atoms with Gasteiger partial charge in [-0.2, -0.15) is 0 Å². The van der Waals surface area contributed by atoms with Crippen LogP contribution in [0.15, 0.2) is 0 Å². The molecule has 0 bridgehead atoms. The van der Waals surface area contributed by atoms with E-state index in [9.17, 15) is 0 Å². The number of hydrogen-bond donors (Lipinski definition) is 1. The van der Waals surface area contributed by atoms with Crippen LogP contribution in [-0.2, 0) is 9.47 Å². The van der Waals surface area contributed by atoms with Crippen LogP contribution in [0, 0.1) is 0 Å². The van der Waals surface area contributed by atoms with Crippen LogP contribution in [-0.4, -0.2) is 58.0 Å². The van der Waals surface area contributed by atoms with Crippen LogP contribution in [0.25, 0.3) is 0 Å². The summed E-state index contributed by atoms with van der Waals surface area (Å²) in [4.78, 5) is 2.29. The lowest BCUT2D eigenvalue weighted by molar-refractivity contribution is 0.0557. The Morgan fingerprint density at radius 3 is 2.60 bits per heavy atom. The Morgan fingerprint density at radius 2 is 2.07 bits per heavy atom. The van der Waals surface area contributed by atoms with E-state index in [-0.39, 0.29) is 6.10 Å². The fourth-order valence-corrected chi connectivity index (χ4v) is 1.46. The van der Waals surface area contributed by atoms with E-state index in [1.807, 2.05) is 6.92 Å². The summed E-state index contributed by atoms with van der Waals surface area (Å²) >= 11 is 0. The van der Waals surface area contributed by atoms with Crippen molar-refractivity contribution in [2.75, 3.05) is 47.0 Å². The van der Waals surface area contributed by atoms with Gasteiger partial charge in [-0.05, 0) is 26.8 Å². The van der Waals surface area contributed by atoms with E-state index in [0.29, 0.717) is 6.54 Å². The van der Waals surface area contributed by atoms with Crippen molar-refractivity contribution >= 4 is 0 Å². The highest BCUT2D eigenvalue weighted by molar-refractivity contribution is 4.62. The van der Waals surface area contributed by atoms with Crippen LogP contribution in [0.2, 0.25) is 0 Å². The number of ether oxygens (including phenoxy) is 2. The monoisotopic (exact) mass is 218 g/mol. The third-order valence-corrected chi connectivity index (χ3v) is 2.39. The van der Waals surface area contributed by atoms with Gasteiger partial charge < -0.3 is 20.1 Å². The van der Waals surface area contributed by atoms with Gasteiger partial charge in [0.2, 0.25) is 0 Å². The molecule has 4 heteroatoms. The van der Waals surface area contributed by atoms with Gasteiger partial charge in [0, 0.05) is 40.0 Å². The average Bonchev–Trinajstić information content (AvgIpc) is 2.24. The lowest BCUT2D eigenvalue weighted by atomic mass is 10.2. The Balaban J connectivity index is 3.45. The standard InChI is InChI=1S/C11H26N2O2/c1-4-15-11(10-12)6-8-13(2)7-5-9-14-3/h11H,4-10,12H2,1-3H3. The maximum atomic E-state index is 5.60. The fraction of sp³-hybridized carbons (Fsp3) is 1.00. The molecule has 0 aromatic rings. The second-order valence-electron chi connectivity index (χ2n) is 3.75. The zero-order valence-corrected chi connectivity index (χ0v) is 10.4.